The molecule has 1 aliphatic rings. The molecule has 8 nitrogen and oxygen atoms in total. The van der Waals surface area contributed by atoms with E-state index in [4.69, 9.17) is 21.8 Å². The zero-order chi connectivity index (χ0) is 20.6. The maximum Gasteiger partial charge on any atom is 0.328 e. The van der Waals surface area contributed by atoms with Gasteiger partial charge >= 0.3 is 11.9 Å². The number of nitrogens with zero attached hydrogens (tertiary/aromatic N) is 3. The molecule has 27 heavy (non-hydrogen) atoms. The molecule has 0 aromatic carbocycles. The van der Waals surface area contributed by atoms with Gasteiger partial charge in [-0.25, -0.2) is 14.6 Å². The molecule has 1 aliphatic heterocycles. The van der Waals surface area contributed by atoms with Gasteiger partial charge in [-0.2, -0.15) is 0 Å². The summed E-state index contributed by atoms with van der Waals surface area (Å²) in [5.74, 6) is -2.03. The van der Waals surface area contributed by atoms with Gasteiger partial charge in [-0.15, -0.1) is 0 Å². The van der Waals surface area contributed by atoms with Crippen molar-refractivity contribution < 1.29 is 24.6 Å². The number of rotatable bonds is 5. The molecule has 0 saturated carbocycles. The minimum atomic E-state index is -1.26. The van der Waals surface area contributed by atoms with E-state index in [1.54, 1.807) is 17.0 Å². The fourth-order valence-electron chi connectivity index (χ4n) is 2.62. The number of fused-ring (bicyclic) bond motifs is 1. The number of amides is 1. The zero-order valence-electron chi connectivity index (χ0n) is 15.6. The normalized spacial score (nSPS) is 16.6. The standard InChI is InChI=1S/C14H20ClN3O.C4H4O4/c1-17(2)7-6-10-8-12-11(4-5-13(15)16-12)14(19)18(3)9-10;5-3(6)1-2-4(7)8/h4-5,10H,6-9H2,1-3H3;1-2H,(H,5,6)(H,7,8)/b;2-1+. The smallest absolute Gasteiger partial charge is 0.328 e. The van der Waals surface area contributed by atoms with Crippen LogP contribution in [-0.4, -0.2) is 77.1 Å². The molecular weight excluding hydrogens is 374 g/mol. The highest BCUT2D eigenvalue weighted by atomic mass is 35.5. The quantitative estimate of drug-likeness (QED) is 0.573. The number of aromatic nitrogens is 1. The molecule has 2 rings (SSSR count). The highest BCUT2D eigenvalue weighted by Gasteiger charge is 2.26. The number of carbonyl (C=O) groups excluding carboxylic acids is 1. The van der Waals surface area contributed by atoms with Gasteiger partial charge in [-0.1, -0.05) is 11.6 Å². The largest absolute Gasteiger partial charge is 0.478 e. The number of carbonyl (C=O) groups is 3. The summed E-state index contributed by atoms with van der Waals surface area (Å²) in [6, 6.07) is 3.48. The van der Waals surface area contributed by atoms with Gasteiger partial charge in [0.2, 0.25) is 0 Å². The van der Waals surface area contributed by atoms with Crippen molar-refractivity contribution in [2.24, 2.45) is 5.92 Å². The molecule has 1 amide bonds. The van der Waals surface area contributed by atoms with Crippen molar-refractivity contribution in [2.75, 3.05) is 34.2 Å². The molecule has 0 radical (unpaired) electrons. The highest BCUT2D eigenvalue weighted by molar-refractivity contribution is 6.29. The Hall–Kier alpha value is -2.45. The number of hydrogen-bond acceptors (Lipinski definition) is 5. The predicted molar refractivity (Wildman–Crippen MR) is 101 cm³/mol. The molecule has 148 valence electrons. The monoisotopic (exact) mass is 397 g/mol. The van der Waals surface area contributed by atoms with Crippen LogP contribution >= 0.6 is 11.6 Å². The Balaban J connectivity index is 0.000000387. The molecule has 9 heteroatoms. The van der Waals surface area contributed by atoms with E-state index in [9.17, 15) is 14.4 Å². The molecule has 0 bridgehead atoms. The second-order valence-corrected chi connectivity index (χ2v) is 6.87. The minimum absolute atomic E-state index is 0.0477. The summed E-state index contributed by atoms with van der Waals surface area (Å²) in [7, 11) is 5.98. The van der Waals surface area contributed by atoms with E-state index in [-0.39, 0.29) is 5.91 Å². The van der Waals surface area contributed by atoms with Crippen molar-refractivity contribution >= 4 is 29.4 Å². The molecule has 0 fully saturated rings. The minimum Gasteiger partial charge on any atom is -0.478 e. The summed E-state index contributed by atoms with van der Waals surface area (Å²) in [5.41, 5.74) is 1.53. The van der Waals surface area contributed by atoms with Gasteiger partial charge < -0.3 is 20.0 Å². The van der Waals surface area contributed by atoms with Gasteiger partial charge in [0.05, 0.1) is 11.3 Å². The summed E-state index contributed by atoms with van der Waals surface area (Å²) in [5, 5.41) is 16.1. The lowest BCUT2D eigenvalue weighted by molar-refractivity contribution is -0.134. The molecule has 1 aromatic rings. The van der Waals surface area contributed by atoms with Gasteiger partial charge in [0.15, 0.2) is 0 Å². The first-order valence-corrected chi connectivity index (χ1v) is 8.67. The van der Waals surface area contributed by atoms with Crippen molar-refractivity contribution in [3.8, 4) is 0 Å². The van der Waals surface area contributed by atoms with Crippen LogP contribution in [0.1, 0.15) is 22.5 Å². The number of carboxylic acid groups (broad SMARTS) is 2. The predicted octanol–water partition coefficient (Wildman–Crippen LogP) is 1.64. The van der Waals surface area contributed by atoms with Crippen LogP contribution in [0.2, 0.25) is 5.15 Å². The lowest BCUT2D eigenvalue weighted by Gasteiger charge is -2.21. The van der Waals surface area contributed by atoms with Crippen LogP contribution in [0.5, 0.6) is 0 Å². The van der Waals surface area contributed by atoms with Crippen molar-refractivity contribution in [1.82, 2.24) is 14.8 Å². The topological polar surface area (TPSA) is 111 Å². The number of halogens is 1. The van der Waals surface area contributed by atoms with Crippen LogP contribution < -0.4 is 0 Å². The molecule has 1 aromatic heterocycles. The van der Waals surface area contributed by atoms with Crippen molar-refractivity contribution in [3.05, 3.63) is 40.7 Å². The molecule has 1 unspecified atom stereocenters. The Bertz CT molecular complexity index is 705. The Labute approximate surface area is 163 Å². The third-order valence-corrected chi connectivity index (χ3v) is 4.09. The van der Waals surface area contributed by atoms with Crippen LogP contribution in [0.4, 0.5) is 0 Å². The van der Waals surface area contributed by atoms with Gasteiger partial charge in [0.1, 0.15) is 5.15 Å². The van der Waals surface area contributed by atoms with Crippen LogP contribution in [0.15, 0.2) is 24.3 Å². The van der Waals surface area contributed by atoms with E-state index >= 15 is 0 Å². The number of hydrogen-bond donors (Lipinski definition) is 2. The molecule has 2 N–H and O–H groups in total. The maximum atomic E-state index is 12.3. The summed E-state index contributed by atoms with van der Waals surface area (Å²) in [6.45, 7) is 1.79. The van der Waals surface area contributed by atoms with Gasteiger partial charge in [0, 0.05) is 25.7 Å². The molecule has 0 aliphatic carbocycles. The van der Waals surface area contributed by atoms with Crippen LogP contribution in [-0.2, 0) is 16.0 Å². The summed E-state index contributed by atoms with van der Waals surface area (Å²) >= 11 is 5.95. The Morgan fingerprint density at radius 1 is 1.30 bits per heavy atom. The van der Waals surface area contributed by atoms with Gasteiger partial charge in [-0.05, 0) is 51.5 Å². The third kappa shape index (κ3) is 8.19. The SMILES string of the molecule is CN(C)CCC1Cc2nc(Cl)ccc2C(=O)N(C)C1.O=C(O)/C=C/C(=O)O. The molecule has 1 atom stereocenters. The van der Waals surface area contributed by atoms with E-state index in [0.29, 0.717) is 28.8 Å². The number of pyridine rings is 1. The van der Waals surface area contributed by atoms with Crippen LogP contribution in [0.3, 0.4) is 0 Å². The summed E-state index contributed by atoms with van der Waals surface area (Å²) in [4.78, 5) is 39.7. The van der Waals surface area contributed by atoms with E-state index in [1.165, 1.54) is 0 Å². The summed E-state index contributed by atoms with van der Waals surface area (Å²) in [6.07, 6.45) is 2.99. The Morgan fingerprint density at radius 2 is 1.89 bits per heavy atom. The summed E-state index contributed by atoms with van der Waals surface area (Å²) < 4.78 is 0. The first-order valence-electron chi connectivity index (χ1n) is 8.29. The second kappa shape index (κ2) is 10.6. The molecule has 0 spiro atoms. The fourth-order valence-corrected chi connectivity index (χ4v) is 2.78. The first-order chi connectivity index (χ1) is 12.6. The average Bonchev–Trinajstić information content (AvgIpc) is 2.68. The molecule has 0 saturated heterocycles. The van der Waals surface area contributed by atoms with E-state index in [2.05, 4.69) is 24.0 Å². The Kier molecular flexibility index (Phi) is 8.90. The van der Waals surface area contributed by atoms with Gasteiger partial charge in [0.25, 0.3) is 5.91 Å². The Morgan fingerprint density at radius 3 is 2.41 bits per heavy atom. The van der Waals surface area contributed by atoms with Crippen LogP contribution in [0, 0.1) is 5.92 Å². The zero-order valence-corrected chi connectivity index (χ0v) is 16.3. The van der Waals surface area contributed by atoms with E-state index in [1.807, 2.05) is 7.05 Å². The molecular formula is C18H24ClN3O5. The maximum absolute atomic E-state index is 12.3. The molecule has 2 heterocycles. The van der Waals surface area contributed by atoms with Crippen LogP contribution in [0.25, 0.3) is 0 Å². The number of carboxylic acids is 2. The fraction of sp³-hybridized carbons (Fsp3) is 0.444. The third-order valence-electron chi connectivity index (χ3n) is 3.88. The average molecular weight is 398 g/mol. The van der Waals surface area contributed by atoms with Gasteiger partial charge in [-0.3, -0.25) is 4.79 Å². The van der Waals surface area contributed by atoms with Crippen molar-refractivity contribution in [2.45, 2.75) is 12.8 Å². The van der Waals surface area contributed by atoms with Crippen molar-refractivity contribution in [3.63, 3.8) is 0 Å². The van der Waals surface area contributed by atoms with Crippen molar-refractivity contribution in [1.29, 1.82) is 0 Å². The number of aliphatic carboxylic acids is 2. The first kappa shape index (κ1) is 22.6. The lowest BCUT2D eigenvalue weighted by Crippen LogP contribution is -2.31. The van der Waals surface area contributed by atoms with E-state index in [0.717, 1.165) is 31.6 Å². The van der Waals surface area contributed by atoms with E-state index < -0.39 is 11.9 Å². The highest BCUT2D eigenvalue weighted by Crippen LogP contribution is 2.23. The lowest BCUT2D eigenvalue weighted by atomic mass is 9.98. The second-order valence-electron chi connectivity index (χ2n) is 6.49.